The van der Waals surface area contributed by atoms with Gasteiger partial charge in [-0.1, -0.05) is 13.8 Å². The maximum Gasteiger partial charge on any atom is 0.0213 e. The summed E-state index contributed by atoms with van der Waals surface area (Å²) in [6.45, 7) is 6.75. The molecule has 0 spiro atoms. The Morgan fingerprint density at radius 3 is 2.55 bits per heavy atom. The molecule has 2 heteroatoms. The van der Waals surface area contributed by atoms with Crippen molar-refractivity contribution in [2.24, 2.45) is 23.6 Å². The van der Waals surface area contributed by atoms with Gasteiger partial charge in [0.2, 0.25) is 0 Å². The third-order valence-electron chi connectivity index (χ3n) is 2.66. The molecule has 0 aromatic heterocycles. The summed E-state index contributed by atoms with van der Waals surface area (Å²) in [5.41, 5.74) is 2.83. The summed E-state index contributed by atoms with van der Waals surface area (Å²) in [5.74, 6) is 7.99. The zero-order chi connectivity index (χ0) is 8.43. The number of rotatable bonds is 4. The Bertz CT molecular complexity index is 123. The average molecular weight is 156 g/mol. The van der Waals surface area contributed by atoms with Gasteiger partial charge in [0, 0.05) is 6.04 Å². The highest BCUT2D eigenvalue weighted by Crippen LogP contribution is 2.44. The van der Waals surface area contributed by atoms with Crippen LogP contribution in [0, 0.1) is 17.8 Å². The molecule has 3 N–H and O–H groups in total. The molecule has 1 aliphatic rings. The third-order valence-corrected chi connectivity index (χ3v) is 2.66. The summed E-state index contributed by atoms with van der Waals surface area (Å²) in [5, 5.41) is 0. The van der Waals surface area contributed by atoms with E-state index in [1.807, 2.05) is 0 Å². The predicted octanol–water partition coefficient (Wildman–Crippen LogP) is 1.52. The lowest BCUT2D eigenvalue weighted by Gasteiger charge is -2.09. The van der Waals surface area contributed by atoms with Crippen LogP contribution in [0.5, 0.6) is 0 Å². The zero-order valence-corrected chi connectivity index (χ0v) is 7.80. The van der Waals surface area contributed by atoms with Crippen LogP contribution in [0.15, 0.2) is 0 Å². The third kappa shape index (κ3) is 2.46. The lowest BCUT2D eigenvalue weighted by atomic mass is 10.0. The standard InChI is InChI=1S/C9H20N2/c1-6(2)4-8-5-9(8)7(3)11-10/h6-9,11H,4-5,10H2,1-3H3. The fraction of sp³-hybridized carbons (Fsp3) is 1.00. The molecular weight excluding hydrogens is 136 g/mol. The molecule has 0 aromatic carbocycles. The highest BCUT2D eigenvalue weighted by molar-refractivity contribution is 4.92. The molecule has 0 radical (unpaired) electrons. The monoisotopic (exact) mass is 156 g/mol. The molecule has 2 nitrogen and oxygen atoms in total. The van der Waals surface area contributed by atoms with Gasteiger partial charge in [0.1, 0.15) is 0 Å². The van der Waals surface area contributed by atoms with Gasteiger partial charge in [0.05, 0.1) is 0 Å². The Morgan fingerprint density at radius 1 is 1.45 bits per heavy atom. The van der Waals surface area contributed by atoms with Gasteiger partial charge in [-0.15, -0.1) is 0 Å². The van der Waals surface area contributed by atoms with Crippen molar-refractivity contribution in [1.29, 1.82) is 0 Å². The van der Waals surface area contributed by atoms with E-state index in [-0.39, 0.29) is 0 Å². The summed E-state index contributed by atoms with van der Waals surface area (Å²) in [6, 6.07) is 0.513. The summed E-state index contributed by atoms with van der Waals surface area (Å²) < 4.78 is 0. The highest BCUT2D eigenvalue weighted by Gasteiger charge is 2.40. The molecule has 66 valence electrons. The van der Waals surface area contributed by atoms with Crippen LogP contribution in [0.25, 0.3) is 0 Å². The van der Waals surface area contributed by atoms with Gasteiger partial charge in [-0.05, 0) is 37.5 Å². The largest absolute Gasteiger partial charge is 0.271 e. The van der Waals surface area contributed by atoms with E-state index in [1.165, 1.54) is 12.8 Å². The molecule has 1 rings (SSSR count). The van der Waals surface area contributed by atoms with Gasteiger partial charge in [0.15, 0.2) is 0 Å². The van der Waals surface area contributed by atoms with E-state index in [0.717, 1.165) is 17.8 Å². The van der Waals surface area contributed by atoms with Gasteiger partial charge < -0.3 is 0 Å². The van der Waals surface area contributed by atoms with Crippen LogP contribution in [-0.4, -0.2) is 6.04 Å². The Balaban J connectivity index is 2.15. The minimum absolute atomic E-state index is 0.513. The summed E-state index contributed by atoms with van der Waals surface area (Å²) in [6.07, 6.45) is 2.75. The molecule has 0 heterocycles. The second kappa shape index (κ2) is 3.55. The Morgan fingerprint density at radius 2 is 2.09 bits per heavy atom. The van der Waals surface area contributed by atoms with Crippen molar-refractivity contribution in [1.82, 2.24) is 5.43 Å². The maximum atomic E-state index is 5.36. The van der Waals surface area contributed by atoms with Crippen LogP contribution in [0.1, 0.15) is 33.6 Å². The lowest BCUT2D eigenvalue weighted by molar-refractivity contribution is 0.444. The Kier molecular flexibility index (Phi) is 2.90. The van der Waals surface area contributed by atoms with E-state index in [0.29, 0.717) is 6.04 Å². The van der Waals surface area contributed by atoms with Crippen molar-refractivity contribution in [3.63, 3.8) is 0 Å². The van der Waals surface area contributed by atoms with E-state index in [4.69, 9.17) is 5.84 Å². The number of hydrogen-bond acceptors (Lipinski definition) is 2. The molecule has 11 heavy (non-hydrogen) atoms. The average Bonchev–Trinajstić information content (AvgIpc) is 2.65. The maximum absolute atomic E-state index is 5.36. The predicted molar refractivity (Wildman–Crippen MR) is 47.8 cm³/mol. The van der Waals surface area contributed by atoms with Gasteiger partial charge in [-0.25, -0.2) is 0 Å². The lowest BCUT2D eigenvalue weighted by Crippen LogP contribution is -2.34. The topological polar surface area (TPSA) is 38.0 Å². The molecule has 0 bridgehead atoms. The molecular formula is C9H20N2. The van der Waals surface area contributed by atoms with Gasteiger partial charge in [-0.2, -0.15) is 0 Å². The van der Waals surface area contributed by atoms with Crippen LogP contribution in [0.2, 0.25) is 0 Å². The summed E-state index contributed by atoms with van der Waals surface area (Å²) in [4.78, 5) is 0. The van der Waals surface area contributed by atoms with E-state index in [9.17, 15) is 0 Å². The quantitative estimate of drug-likeness (QED) is 0.478. The van der Waals surface area contributed by atoms with Crippen LogP contribution in [-0.2, 0) is 0 Å². The van der Waals surface area contributed by atoms with Crippen molar-refractivity contribution in [2.45, 2.75) is 39.7 Å². The first-order chi connectivity index (χ1) is 5.15. The van der Waals surface area contributed by atoms with Crippen LogP contribution in [0.4, 0.5) is 0 Å². The van der Waals surface area contributed by atoms with Crippen molar-refractivity contribution in [3.05, 3.63) is 0 Å². The highest BCUT2D eigenvalue weighted by atomic mass is 15.2. The number of hydrazine groups is 1. The van der Waals surface area contributed by atoms with Crippen molar-refractivity contribution in [3.8, 4) is 0 Å². The van der Waals surface area contributed by atoms with Gasteiger partial charge in [0.25, 0.3) is 0 Å². The van der Waals surface area contributed by atoms with Crippen molar-refractivity contribution < 1.29 is 0 Å². The number of nitrogens with two attached hydrogens (primary N) is 1. The molecule has 1 saturated carbocycles. The zero-order valence-electron chi connectivity index (χ0n) is 7.80. The number of hydrogen-bond donors (Lipinski definition) is 2. The summed E-state index contributed by atoms with van der Waals surface area (Å²) in [7, 11) is 0. The fourth-order valence-electron chi connectivity index (χ4n) is 1.88. The SMILES string of the molecule is CC(C)CC1CC1C(C)NN. The van der Waals surface area contributed by atoms with Crippen molar-refractivity contribution >= 4 is 0 Å². The molecule has 1 fully saturated rings. The van der Waals surface area contributed by atoms with Crippen molar-refractivity contribution in [2.75, 3.05) is 0 Å². The van der Waals surface area contributed by atoms with Crippen LogP contribution >= 0.6 is 0 Å². The first-order valence-electron chi connectivity index (χ1n) is 4.61. The first-order valence-corrected chi connectivity index (χ1v) is 4.61. The minimum atomic E-state index is 0.513. The molecule has 0 aromatic rings. The first kappa shape index (κ1) is 9.01. The second-order valence-corrected chi connectivity index (χ2v) is 4.24. The van der Waals surface area contributed by atoms with Crippen LogP contribution in [0.3, 0.4) is 0 Å². The van der Waals surface area contributed by atoms with Gasteiger partial charge >= 0.3 is 0 Å². The molecule has 3 atom stereocenters. The molecule has 3 unspecified atom stereocenters. The normalized spacial score (nSPS) is 32.5. The van der Waals surface area contributed by atoms with E-state index in [1.54, 1.807) is 0 Å². The van der Waals surface area contributed by atoms with E-state index < -0.39 is 0 Å². The van der Waals surface area contributed by atoms with Crippen LogP contribution < -0.4 is 11.3 Å². The minimum Gasteiger partial charge on any atom is -0.271 e. The Labute approximate surface area is 69.5 Å². The second-order valence-electron chi connectivity index (χ2n) is 4.24. The summed E-state index contributed by atoms with van der Waals surface area (Å²) >= 11 is 0. The molecule has 0 aliphatic heterocycles. The smallest absolute Gasteiger partial charge is 0.0213 e. The Hall–Kier alpha value is -0.0800. The van der Waals surface area contributed by atoms with E-state index >= 15 is 0 Å². The fourth-order valence-corrected chi connectivity index (χ4v) is 1.88. The van der Waals surface area contributed by atoms with E-state index in [2.05, 4.69) is 26.2 Å². The molecule has 1 aliphatic carbocycles. The number of nitrogens with one attached hydrogen (secondary N) is 1. The van der Waals surface area contributed by atoms with Gasteiger partial charge in [-0.3, -0.25) is 11.3 Å². The molecule has 0 amide bonds. The molecule has 0 saturated heterocycles.